The lowest BCUT2D eigenvalue weighted by molar-refractivity contribution is -0.149. The number of carbonyl (C=O) groups is 3. The van der Waals surface area contributed by atoms with E-state index in [0.29, 0.717) is 24.8 Å². The van der Waals surface area contributed by atoms with Gasteiger partial charge in [0.25, 0.3) is 0 Å². The second-order valence-corrected chi connectivity index (χ2v) is 6.89. The minimum Gasteiger partial charge on any atom is -0.480 e. The molecule has 2 N–H and O–H groups in total. The molecule has 6 heteroatoms. The van der Waals surface area contributed by atoms with E-state index in [2.05, 4.69) is 5.32 Å². The van der Waals surface area contributed by atoms with E-state index in [-0.39, 0.29) is 24.3 Å². The van der Waals surface area contributed by atoms with Crippen LogP contribution in [-0.2, 0) is 14.4 Å². The molecule has 0 aromatic heterocycles. The number of nitrogens with zero attached hydrogens (tertiary/aromatic N) is 1. The molecule has 1 aliphatic carbocycles. The van der Waals surface area contributed by atoms with Gasteiger partial charge in [0.05, 0.1) is 6.54 Å². The largest absolute Gasteiger partial charge is 0.480 e. The van der Waals surface area contributed by atoms with Crippen LogP contribution in [0.15, 0.2) is 0 Å². The Hall–Kier alpha value is -1.59. The van der Waals surface area contributed by atoms with Gasteiger partial charge >= 0.3 is 5.97 Å². The third-order valence-corrected chi connectivity index (χ3v) is 4.85. The van der Waals surface area contributed by atoms with Crippen molar-refractivity contribution in [1.82, 2.24) is 10.2 Å². The van der Waals surface area contributed by atoms with Crippen LogP contribution in [0.1, 0.15) is 46.0 Å². The second kappa shape index (κ2) is 7.11. The summed E-state index contributed by atoms with van der Waals surface area (Å²) in [5, 5.41) is 12.0. The summed E-state index contributed by atoms with van der Waals surface area (Å²) in [5.74, 6) is -0.516. The molecule has 124 valence electrons. The van der Waals surface area contributed by atoms with Crippen LogP contribution in [0.2, 0.25) is 0 Å². The maximum absolute atomic E-state index is 12.3. The van der Waals surface area contributed by atoms with Crippen molar-refractivity contribution in [3.63, 3.8) is 0 Å². The number of fused-ring (bicyclic) bond motifs is 1. The average molecular weight is 310 g/mol. The van der Waals surface area contributed by atoms with Gasteiger partial charge in [-0.05, 0) is 37.0 Å². The van der Waals surface area contributed by atoms with Gasteiger partial charge < -0.3 is 15.3 Å². The highest BCUT2D eigenvalue weighted by atomic mass is 16.4. The van der Waals surface area contributed by atoms with Gasteiger partial charge in [0.2, 0.25) is 11.8 Å². The van der Waals surface area contributed by atoms with Crippen LogP contribution >= 0.6 is 0 Å². The average Bonchev–Trinajstić information content (AvgIpc) is 3.01. The monoisotopic (exact) mass is 310 g/mol. The number of carboxylic acids is 1. The zero-order valence-electron chi connectivity index (χ0n) is 13.4. The van der Waals surface area contributed by atoms with E-state index in [1.54, 1.807) is 0 Å². The van der Waals surface area contributed by atoms with Gasteiger partial charge in [-0.15, -0.1) is 0 Å². The number of amides is 2. The minimum absolute atomic E-state index is 0.0816. The summed E-state index contributed by atoms with van der Waals surface area (Å²) in [7, 11) is 0. The van der Waals surface area contributed by atoms with E-state index >= 15 is 0 Å². The zero-order valence-corrected chi connectivity index (χ0v) is 13.4. The number of rotatable bonds is 6. The molecular weight excluding hydrogens is 284 g/mol. The van der Waals surface area contributed by atoms with Crippen molar-refractivity contribution in [3.05, 3.63) is 0 Å². The van der Waals surface area contributed by atoms with Gasteiger partial charge in [0.1, 0.15) is 6.04 Å². The van der Waals surface area contributed by atoms with Gasteiger partial charge in [-0.3, -0.25) is 9.59 Å². The molecule has 0 aromatic carbocycles. The Kier molecular flexibility index (Phi) is 5.42. The van der Waals surface area contributed by atoms with Gasteiger partial charge in [-0.25, -0.2) is 4.79 Å². The summed E-state index contributed by atoms with van der Waals surface area (Å²) in [5.41, 5.74) is 0. The van der Waals surface area contributed by atoms with Crippen molar-refractivity contribution < 1.29 is 19.5 Å². The summed E-state index contributed by atoms with van der Waals surface area (Å²) < 4.78 is 0. The molecule has 2 rings (SSSR count). The first-order chi connectivity index (χ1) is 10.4. The molecule has 1 saturated heterocycles. The molecule has 2 amide bonds. The lowest BCUT2D eigenvalue weighted by atomic mass is 9.94. The predicted octanol–water partition coefficient (Wildman–Crippen LogP) is 1.25. The predicted molar refractivity (Wildman–Crippen MR) is 81.0 cm³/mol. The summed E-state index contributed by atoms with van der Waals surface area (Å²) >= 11 is 0. The quantitative estimate of drug-likeness (QED) is 0.773. The van der Waals surface area contributed by atoms with Crippen molar-refractivity contribution in [2.45, 2.75) is 52.0 Å². The fraction of sp³-hybridized carbons (Fsp3) is 0.812. The molecule has 2 aliphatic rings. The van der Waals surface area contributed by atoms with Gasteiger partial charge in [-0.2, -0.15) is 0 Å². The molecule has 3 atom stereocenters. The van der Waals surface area contributed by atoms with Gasteiger partial charge in [-0.1, -0.05) is 20.3 Å². The van der Waals surface area contributed by atoms with E-state index in [4.69, 9.17) is 0 Å². The van der Waals surface area contributed by atoms with E-state index in [1.165, 1.54) is 4.90 Å². The molecule has 0 bridgehead atoms. The molecule has 0 radical (unpaired) electrons. The van der Waals surface area contributed by atoms with Gasteiger partial charge in [0.15, 0.2) is 0 Å². The van der Waals surface area contributed by atoms with Crippen molar-refractivity contribution in [2.75, 3.05) is 13.1 Å². The number of hydrogen-bond acceptors (Lipinski definition) is 3. The maximum Gasteiger partial charge on any atom is 0.326 e. The number of carboxylic acid groups (broad SMARTS) is 1. The first-order valence-corrected chi connectivity index (χ1v) is 8.19. The van der Waals surface area contributed by atoms with Crippen LogP contribution in [0.5, 0.6) is 0 Å². The number of likely N-dealkylation sites (tertiary alicyclic amines) is 1. The molecule has 3 unspecified atom stereocenters. The van der Waals surface area contributed by atoms with Crippen LogP contribution < -0.4 is 5.32 Å². The maximum atomic E-state index is 12.3. The number of hydrogen-bond donors (Lipinski definition) is 2. The Labute approximate surface area is 131 Å². The van der Waals surface area contributed by atoms with Crippen molar-refractivity contribution in [3.8, 4) is 0 Å². The van der Waals surface area contributed by atoms with E-state index in [9.17, 15) is 19.5 Å². The van der Waals surface area contributed by atoms with Crippen molar-refractivity contribution in [1.29, 1.82) is 0 Å². The SMILES string of the molecule is CC(C)CCC(=O)NCC(=O)N1CC2CCCC2C1C(=O)O. The Morgan fingerprint density at radius 2 is 2.00 bits per heavy atom. The zero-order chi connectivity index (χ0) is 16.3. The van der Waals surface area contributed by atoms with Crippen molar-refractivity contribution >= 4 is 17.8 Å². The summed E-state index contributed by atoms with van der Waals surface area (Å²) in [6.45, 7) is 4.50. The molecule has 6 nitrogen and oxygen atoms in total. The standard InChI is InChI=1S/C16H26N2O4/c1-10(2)6-7-13(19)17-8-14(20)18-9-11-4-3-5-12(11)15(18)16(21)22/h10-12,15H,3-9H2,1-2H3,(H,17,19)(H,21,22). The Bertz CT molecular complexity index is 449. The number of aliphatic carboxylic acids is 1. The molecule has 0 aromatic rings. The molecule has 2 fully saturated rings. The molecule has 1 aliphatic heterocycles. The lowest BCUT2D eigenvalue weighted by Crippen LogP contribution is -2.47. The highest BCUT2D eigenvalue weighted by Crippen LogP contribution is 2.42. The van der Waals surface area contributed by atoms with Crippen LogP contribution in [0.25, 0.3) is 0 Å². The normalized spacial score (nSPS) is 27.0. The van der Waals surface area contributed by atoms with Crippen LogP contribution in [0.3, 0.4) is 0 Å². The Morgan fingerprint density at radius 3 is 2.64 bits per heavy atom. The van der Waals surface area contributed by atoms with Crippen LogP contribution in [0, 0.1) is 17.8 Å². The third kappa shape index (κ3) is 3.78. The summed E-state index contributed by atoms with van der Waals surface area (Å²) in [4.78, 5) is 36.9. The highest BCUT2D eigenvalue weighted by molar-refractivity contribution is 5.88. The number of nitrogens with one attached hydrogen (secondary N) is 1. The van der Waals surface area contributed by atoms with Crippen molar-refractivity contribution in [2.24, 2.45) is 17.8 Å². The smallest absolute Gasteiger partial charge is 0.326 e. The lowest BCUT2D eigenvalue weighted by Gasteiger charge is -2.24. The second-order valence-electron chi connectivity index (χ2n) is 6.89. The van der Waals surface area contributed by atoms with Crippen LogP contribution in [0.4, 0.5) is 0 Å². The molecule has 1 heterocycles. The van der Waals surface area contributed by atoms with E-state index < -0.39 is 12.0 Å². The fourth-order valence-corrected chi connectivity index (χ4v) is 3.66. The fourth-order valence-electron chi connectivity index (χ4n) is 3.66. The molecule has 1 saturated carbocycles. The first-order valence-electron chi connectivity index (χ1n) is 8.19. The van der Waals surface area contributed by atoms with E-state index in [0.717, 1.165) is 25.7 Å². The summed E-state index contributed by atoms with van der Waals surface area (Å²) in [6, 6.07) is -0.715. The van der Waals surface area contributed by atoms with E-state index in [1.807, 2.05) is 13.8 Å². The third-order valence-electron chi connectivity index (χ3n) is 4.85. The molecule has 0 spiro atoms. The highest BCUT2D eigenvalue weighted by Gasteiger charge is 2.49. The van der Waals surface area contributed by atoms with Crippen LogP contribution in [-0.4, -0.2) is 46.9 Å². The minimum atomic E-state index is -0.922. The first kappa shape index (κ1) is 16.8. The number of carbonyl (C=O) groups excluding carboxylic acids is 2. The Balaban J connectivity index is 1.86. The molecular formula is C16H26N2O4. The Morgan fingerprint density at radius 1 is 1.27 bits per heavy atom. The molecule has 22 heavy (non-hydrogen) atoms. The topological polar surface area (TPSA) is 86.7 Å². The van der Waals surface area contributed by atoms with Gasteiger partial charge in [0, 0.05) is 13.0 Å². The summed E-state index contributed by atoms with van der Waals surface area (Å²) in [6.07, 6.45) is 4.11.